The first-order chi connectivity index (χ1) is 8.36. The van der Waals surface area contributed by atoms with Crippen molar-refractivity contribution >= 4 is 10.8 Å². The van der Waals surface area contributed by atoms with Gasteiger partial charge in [-0.05, 0) is 36.4 Å². The van der Waals surface area contributed by atoms with Crippen molar-refractivity contribution in [3.05, 3.63) is 42.2 Å². The molecule has 1 aromatic carbocycles. The minimum atomic E-state index is -0.427. The average molecular weight is 228 g/mol. The van der Waals surface area contributed by atoms with Gasteiger partial charge in [-0.2, -0.15) is 0 Å². The third-order valence-electron chi connectivity index (χ3n) is 3.51. The summed E-state index contributed by atoms with van der Waals surface area (Å²) in [5.41, 5.74) is 1.00. The van der Waals surface area contributed by atoms with Crippen LogP contribution in [0.5, 0.6) is 0 Å². The molecule has 88 valence electrons. The first-order valence-corrected chi connectivity index (χ1v) is 6.10. The maximum atomic E-state index is 10.4. The fourth-order valence-corrected chi connectivity index (χ4v) is 2.60. The Balaban J connectivity index is 2.04. The van der Waals surface area contributed by atoms with Crippen LogP contribution in [0.15, 0.2) is 36.7 Å². The van der Waals surface area contributed by atoms with Gasteiger partial charge in [-0.25, -0.2) is 0 Å². The highest BCUT2D eigenvalue weighted by Crippen LogP contribution is 2.28. The van der Waals surface area contributed by atoms with Gasteiger partial charge in [0.1, 0.15) is 0 Å². The molecule has 3 nitrogen and oxygen atoms in total. The molecule has 0 aliphatic carbocycles. The van der Waals surface area contributed by atoms with Crippen molar-refractivity contribution in [2.45, 2.75) is 25.0 Å². The van der Waals surface area contributed by atoms with E-state index in [0.717, 1.165) is 35.7 Å². The topological polar surface area (TPSA) is 45.2 Å². The Morgan fingerprint density at radius 3 is 3.12 bits per heavy atom. The van der Waals surface area contributed by atoms with Crippen molar-refractivity contribution in [2.24, 2.45) is 0 Å². The summed E-state index contributed by atoms with van der Waals surface area (Å²) in [7, 11) is 0. The summed E-state index contributed by atoms with van der Waals surface area (Å²) in [6.45, 7) is 1.01. The number of rotatable bonds is 2. The predicted molar refractivity (Wildman–Crippen MR) is 67.7 cm³/mol. The minimum Gasteiger partial charge on any atom is -0.387 e. The number of fused-ring (bicyclic) bond motifs is 1. The van der Waals surface area contributed by atoms with Crippen LogP contribution in [-0.4, -0.2) is 22.7 Å². The van der Waals surface area contributed by atoms with Crippen LogP contribution in [0.3, 0.4) is 0 Å². The standard InChI is InChI=1S/C14H16N2O/c17-14(13-5-2-7-16-13)12-4-1-3-10-9-15-8-6-11(10)12/h1,3-4,6,8-9,13-14,16-17H,2,5,7H2. The zero-order chi connectivity index (χ0) is 11.7. The normalized spacial score (nSPS) is 21.8. The number of benzene rings is 1. The monoisotopic (exact) mass is 228 g/mol. The van der Waals surface area contributed by atoms with Crippen LogP contribution in [0.4, 0.5) is 0 Å². The minimum absolute atomic E-state index is 0.189. The van der Waals surface area contributed by atoms with Crippen LogP contribution >= 0.6 is 0 Å². The fourth-order valence-electron chi connectivity index (χ4n) is 2.60. The number of aliphatic hydroxyl groups is 1. The highest BCUT2D eigenvalue weighted by atomic mass is 16.3. The molecule has 2 heterocycles. The van der Waals surface area contributed by atoms with Gasteiger partial charge in [0.05, 0.1) is 6.10 Å². The molecule has 2 unspecified atom stereocenters. The van der Waals surface area contributed by atoms with E-state index in [9.17, 15) is 5.11 Å². The number of hydrogen-bond donors (Lipinski definition) is 2. The molecule has 2 atom stereocenters. The maximum absolute atomic E-state index is 10.4. The Labute approximate surface area is 100 Å². The Hall–Kier alpha value is -1.45. The molecule has 1 aromatic heterocycles. The Morgan fingerprint density at radius 1 is 1.35 bits per heavy atom. The number of nitrogens with zero attached hydrogens (tertiary/aromatic N) is 1. The molecule has 3 rings (SSSR count). The molecular formula is C14H16N2O. The largest absolute Gasteiger partial charge is 0.387 e. The van der Waals surface area contributed by atoms with E-state index >= 15 is 0 Å². The average Bonchev–Trinajstić information content (AvgIpc) is 2.91. The predicted octanol–water partition coefficient (Wildman–Crippen LogP) is 2.02. The van der Waals surface area contributed by atoms with E-state index < -0.39 is 6.10 Å². The Kier molecular flexibility index (Phi) is 2.79. The van der Waals surface area contributed by atoms with Crippen molar-refractivity contribution in [3.8, 4) is 0 Å². The highest BCUT2D eigenvalue weighted by Gasteiger charge is 2.24. The first-order valence-electron chi connectivity index (χ1n) is 6.10. The number of nitrogens with one attached hydrogen (secondary N) is 1. The third kappa shape index (κ3) is 1.92. The highest BCUT2D eigenvalue weighted by molar-refractivity contribution is 5.85. The van der Waals surface area contributed by atoms with Crippen LogP contribution in [0.1, 0.15) is 24.5 Å². The van der Waals surface area contributed by atoms with Gasteiger partial charge < -0.3 is 10.4 Å². The maximum Gasteiger partial charge on any atom is 0.0948 e. The molecule has 0 amide bonds. The van der Waals surface area contributed by atoms with E-state index in [4.69, 9.17) is 0 Å². The molecule has 0 saturated carbocycles. The molecule has 17 heavy (non-hydrogen) atoms. The van der Waals surface area contributed by atoms with Gasteiger partial charge in [-0.15, -0.1) is 0 Å². The molecule has 1 saturated heterocycles. The number of aliphatic hydroxyl groups excluding tert-OH is 1. The summed E-state index contributed by atoms with van der Waals surface area (Å²) in [6.07, 6.45) is 5.38. The van der Waals surface area contributed by atoms with Gasteiger partial charge in [0, 0.05) is 23.8 Å². The van der Waals surface area contributed by atoms with E-state index in [-0.39, 0.29) is 6.04 Å². The molecule has 3 heteroatoms. The summed E-state index contributed by atoms with van der Waals surface area (Å²) in [5, 5.41) is 16.0. The van der Waals surface area contributed by atoms with Gasteiger partial charge in [-0.1, -0.05) is 18.2 Å². The third-order valence-corrected chi connectivity index (χ3v) is 3.51. The van der Waals surface area contributed by atoms with E-state index in [0.29, 0.717) is 0 Å². The summed E-state index contributed by atoms with van der Waals surface area (Å²) in [4.78, 5) is 4.11. The second-order valence-corrected chi connectivity index (χ2v) is 4.59. The molecule has 2 aromatic rings. The lowest BCUT2D eigenvalue weighted by atomic mass is 9.96. The summed E-state index contributed by atoms with van der Waals surface area (Å²) in [5.74, 6) is 0. The summed E-state index contributed by atoms with van der Waals surface area (Å²) in [6, 6.07) is 8.18. The Bertz CT molecular complexity index is 515. The van der Waals surface area contributed by atoms with E-state index in [2.05, 4.69) is 10.3 Å². The van der Waals surface area contributed by atoms with Crippen molar-refractivity contribution in [1.29, 1.82) is 0 Å². The second-order valence-electron chi connectivity index (χ2n) is 4.59. The summed E-state index contributed by atoms with van der Waals surface area (Å²) >= 11 is 0. The van der Waals surface area contributed by atoms with Gasteiger partial charge >= 0.3 is 0 Å². The van der Waals surface area contributed by atoms with Gasteiger partial charge in [0.25, 0.3) is 0 Å². The van der Waals surface area contributed by atoms with E-state index in [1.165, 1.54) is 0 Å². The van der Waals surface area contributed by atoms with Gasteiger partial charge in [-0.3, -0.25) is 4.98 Å². The van der Waals surface area contributed by atoms with Crippen LogP contribution in [-0.2, 0) is 0 Å². The Morgan fingerprint density at radius 2 is 2.29 bits per heavy atom. The zero-order valence-electron chi connectivity index (χ0n) is 9.63. The lowest BCUT2D eigenvalue weighted by Crippen LogP contribution is -2.28. The molecule has 2 N–H and O–H groups in total. The molecule has 0 spiro atoms. The van der Waals surface area contributed by atoms with Crippen LogP contribution in [0.2, 0.25) is 0 Å². The lowest BCUT2D eigenvalue weighted by molar-refractivity contribution is 0.139. The SMILES string of the molecule is OC(c1cccc2cnccc12)C1CCCN1. The van der Waals surface area contributed by atoms with Crippen molar-refractivity contribution in [2.75, 3.05) is 6.54 Å². The van der Waals surface area contributed by atoms with Crippen LogP contribution in [0.25, 0.3) is 10.8 Å². The van der Waals surface area contributed by atoms with E-state index in [1.807, 2.05) is 30.5 Å². The molecular weight excluding hydrogens is 212 g/mol. The van der Waals surface area contributed by atoms with Crippen molar-refractivity contribution < 1.29 is 5.11 Å². The van der Waals surface area contributed by atoms with Crippen molar-refractivity contribution in [3.63, 3.8) is 0 Å². The van der Waals surface area contributed by atoms with E-state index in [1.54, 1.807) is 6.20 Å². The summed E-state index contributed by atoms with van der Waals surface area (Å²) < 4.78 is 0. The molecule has 0 bridgehead atoms. The molecule has 1 aliphatic heterocycles. The van der Waals surface area contributed by atoms with Crippen LogP contribution < -0.4 is 5.32 Å². The molecule has 1 fully saturated rings. The lowest BCUT2D eigenvalue weighted by Gasteiger charge is -2.20. The fraction of sp³-hybridized carbons (Fsp3) is 0.357. The van der Waals surface area contributed by atoms with Gasteiger partial charge in [0.2, 0.25) is 0 Å². The van der Waals surface area contributed by atoms with Crippen LogP contribution in [0, 0.1) is 0 Å². The van der Waals surface area contributed by atoms with Gasteiger partial charge in [0.15, 0.2) is 0 Å². The first kappa shape index (κ1) is 10.7. The number of hydrogen-bond acceptors (Lipinski definition) is 3. The van der Waals surface area contributed by atoms with Crippen molar-refractivity contribution in [1.82, 2.24) is 10.3 Å². The smallest absolute Gasteiger partial charge is 0.0948 e. The molecule has 0 radical (unpaired) electrons. The number of pyridine rings is 1. The quantitative estimate of drug-likeness (QED) is 0.826. The number of aromatic nitrogens is 1. The zero-order valence-corrected chi connectivity index (χ0v) is 9.63. The second kappa shape index (κ2) is 4.43. The molecule has 1 aliphatic rings.